The number of rotatable bonds is 5. The molecule has 0 saturated carbocycles. The summed E-state index contributed by atoms with van der Waals surface area (Å²) in [5.41, 5.74) is 2.08. The fraction of sp³-hybridized carbons (Fsp3) is 0.333. The van der Waals surface area contributed by atoms with Crippen molar-refractivity contribution in [2.45, 2.75) is 18.7 Å². The molecule has 0 spiro atoms. The Bertz CT molecular complexity index is 998. The first-order valence-corrected chi connectivity index (χ1v) is 10.9. The molecule has 0 radical (unpaired) electrons. The molecule has 2 aromatic rings. The molecule has 1 aliphatic rings. The van der Waals surface area contributed by atoms with E-state index in [0.29, 0.717) is 29.1 Å². The van der Waals surface area contributed by atoms with Crippen LogP contribution in [0.1, 0.15) is 21.5 Å². The highest BCUT2D eigenvalue weighted by Gasteiger charge is 2.31. The molecule has 7 nitrogen and oxygen atoms in total. The number of piperazine rings is 1. The van der Waals surface area contributed by atoms with Crippen molar-refractivity contribution >= 4 is 21.8 Å². The van der Waals surface area contributed by atoms with E-state index in [1.165, 1.54) is 4.31 Å². The normalized spacial score (nSPS) is 15.2. The van der Waals surface area contributed by atoms with Crippen LogP contribution in [0.5, 0.6) is 0 Å². The summed E-state index contributed by atoms with van der Waals surface area (Å²) in [7, 11) is -3.60. The molecule has 1 heterocycles. The zero-order valence-corrected chi connectivity index (χ0v) is 17.4. The average molecular weight is 416 g/mol. The second kappa shape index (κ2) is 8.75. The van der Waals surface area contributed by atoms with E-state index >= 15 is 0 Å². The van der Waals surface area contributed by atoms with E-state index < -0.39 is 10.0 Å². The Morgan fingerprint density at radius 1 is 0.966 bits per heavy atom. The summed E-state index contributed by atoms with van der Waals surface area (Å²) in [6.45, 7) is 4.58. The minimum atomic E-state index is -3.60. The highest BCUT2D eigenvalue weighted by molar-refractivity contribution is 7.89. The van der Waals surface area contributed by atoms with Gasteiger partial charge in [-0.15, -0.1) is 0 Å². The number of carbonyl (C=O) groups is 2. The molecule has 1 saturated heterocycles. The van der Waals surface area contributed by atoms with E-state index in [0.717, 1.165) is 5.56 Å². The molecule has 1 aliphatic heterocycles. The molecule has 0 bridgehead atoms. The Kier molecular flexibility index (Phi) is 6.34. The third-order valence-corrected chi connectivity index (χ3v) is 7.03. The van der Waals surface area contributed by atoms with E-state index in [1.807, 2.05) is 19.1 Å². The summed E-state index contributed by atoms with van der Waals surface area (Å²) in [4.78, 5) is 26.4. The van der Waals surface area contributed by atoms with E-state index in [-0.39, 0.29) is 31.4 Å². The van der Waals surface area contributed by atoms with E-state index in [2.05, 4.69) is 5.32 Å². The van der Waals surface area contributed by atoms with Gasteiger partial charge in [0.25, 0.3) is 5.91 Å². The van der Waals surface area contributed by atoms with Gasteiger partial charge in [0.15, 0.2) is 0 Å². The first-order chi connectivity index (χ1) is 13.8. The van der Waals surface area contributed by atoms with Gasteiger partial charge in [0, 0.05) is 31.7 Å². The predicted molar refractivity (Wildman–Crippen MR) is 110 cm³/mol. The number of aryl methyl sites for hydroxylation is 2. The quantitative estimate of drug-likeness (QED) is 0.803. The lowest BCUT2D eigenvalue weighted by atomic mass is 10.2. The van der Waals surface area contributed by atoms with Crippen molar-refractivity contribution in [2.75, 3.05) is 32.7 Å². The topological polar surface area (TPSA) is 86.8 Å². The van der Waals surface area contributed by atoms with Crippen molar-refractivity contribution in [3.63, 3.8) is 0 Å². The number of amides is 2. The second-order valence-electron chi connectivity index (χ2n) is 7.10. The fourth-order valence-corrected chi connectivity index (χ4v) is 4.99. The van der Waals surface area contributed by atoms with Crippen molar-refractivity contribution < 1.29 is 18.0 Å². The van der Waals surface area contributed by atoms with Crippen LogP contribution in [-0.4, -0.2) is 62.2 Å². The van der Waals surface area contributed by atoms with Crippen LogP contribution in [0, 0.1) is 13.8 Å². The summed E-state index contributed by atoms with van der Waals surface area (Å²) < 4.78 is 27.4. The molecule has 3 rings (SSSR count). The summed E-state index contributed by atoms with van der Waals surface area (Å²) >= 11 is 0. The van der Waals surface area contributed by atoms with Gasteiger partial charge in [0.2, 0.25) is 15.9 Å². The second-order valence-corrected chi connectivity index (χ2v) is 9.01. The maximum atomic E-state index is 13.0. The molecule has 154 valence electrons. The predicted octanol–water partition coefficient (Wildman–Crippen LogP) is 1.57. The number of carbonyl (C=O) groups excluding carboxylic acids is 2. The van der Waals surface area contributed by atoms with Gasteiger partial charge >= 0.3 is 0 Å². The molecular formula is C21H25N3O4S. The van der Waals surface area contributed by atoms with Crippen LogP contribution in [0.25, 0.3) is 0 Å². The Hall–Kier alpha value is -2.71. The summed E-state index contributed by atoms with van der Waals surface area (Å²) in [5, 5.41) is 2.62. The monoisotopic (exact) mass is 415 g/mol. The van der Waals surface area contributed by atoms with Crippen LogP contribution in [0.4, 0.5) is 0 Å². The molecule has 29 heavy (non-hydrogen) atoms. The van der Waals surface area contributed by atoms with Gasteiger partial charge in [0.1, 0.15) is 0 Å². The molecule has 8 heteroatoms. The number of nitrogens with one attached hydrogen (secondary N) is 1. The lowest BCUT2D eigenvalue weighted by Gasteiger charge is -2.34. The fourth-order valence-electron chi connectivity index (χ4n) is 3.26. The lowest BCUT2D eigenvalue weighted by Crippen LogP contribution is -2.52. The molecule has 0 unspecified atom stereocenters. The van der Waals surface area contributed by atoms with Gasteiger partial charge in [-0.05, 0) is 43.2 Å². The molecular weight excluding hydrogens is 390 g/mol. The Morgan fingerprint density at radius 2 is 1.62 bits per heavy atom. The Labute approximate surface area is 171 Å². The van der Waals surface area contributed by atoms with Gasteiger partial charge in [-0.2, -0.15) is 4.31 Å². The van der Waals surface area contributed by atoms with Crippen molar-refractivity contribution in [1.29, 1.82) is 0 Å². The smallest absolute Gasteiger partial charge is 0.251 e. The largest absolute Gasteiger partial charge is 0.343 e. The van der Waals surface area contributed by atoms with Gasteiger partial charge in [0.05, 0.1) is 11.4 Å². The van der Waals surface area contributed by atoms with Crippen LogP contribution in [0.15, 0.2) is 53.4 Å². The third kappa shape index (κ3) is 4.83. The zero-order valence-electron chi connectivity index (χ0n) is 16.6. The molecule has 2 amide bonds. The number of hydrogen-bond acceptors (Lipinski definition) is 4. The van der Waals surface area contributed by atoms with Gasteiger partial charge < -0.3 is 10.2 Å². The summed E-state index contributed by atoms with van der Waals surface area (Å²) in [6.07, 6.45) is 0. The molecule has 1 fully saturated rings. The highest BCUT2D eigenvalue weighted by atomic mass is 32.2. The lowest BCUT2D eigenvalue weighted by molar-refractivity contribution is -0.131. The van der Waals surface area contributed by atoms with Gasteiger partial charge in [-0.25, -0.2) is 8.42 Å². The van der Waals surface area contributed by atoms with Gasteiger partial charge in [-0.1, -0.05) is 30.3 Å². The van der Waals surface area contributed by atoms with Crippen molar-refractivity contribution in [3.05, 3.63) is 65.2 Å². The average Bonchev–Trinajstić information content (AvgIpc) is 2.74. The molecule has 0 aliphatic carbocycles. The van der Waals surface area contributed by atoms with Crippen molar-refractivity contribution in [3.8, 4) is 0 Å². The molecule has 1 N–H and O–H groups in total. The first-order valence-electron chi connectivity index (χ1n) is 9.47. The van der Waals surface area contributed by atoms with Crippen LogP contribution < -0.4 is 5.32 Å². The van der Waals surface area contributed by atoms with E-state index in [9.17, 15) is 18.0 Å². The summed E-state index contributed by atoms with van der Waals surface area (Å²) in [6, 6.07) is 14.0. The van der Waals surface area contributed by atoms with E-state index in [4.69, 9.17) is 0 Å². The van der Waals surface area contributed by atoms with Crippen LogP contribution in [-0.2, 0) is 14.8 Å². The highest BCUT2D eigenvalue weighted by Crippen LogP contribution is 2.22. The molecule has 2 aromatic carbocycles. The zero-order chi connectivity index (χ0) is 21.0. The number of sulfonamides is 1. The SMILES string of the molecule is Cc1ccc(C)c(S(=O)(=O)N2CCN(C(=O)CNC(=O)c3ccccc3)CC2)c1. The van der Waals surface area contributed by atoms with Crippen LogP contribution in [0.3, 0.4) is 0 Å². The third-order valence-electron chi connectivity index (χ3n) is 4.99. The minimum absolute atomic E-state index is 0.114. The summed E-state index contributed by atoms with van der Waals surface area (Å²) in [5.74, 6) is -0.534. The molecule has 0 aromatic heterocycles. The van der Waals surface area contributed by atoms with Crippen molar-refractivity contribution in [1.82, 2.24) is 14.5 Å². The van der Waals surface area contributed by atoms with E-state index in [1.54, 1.807) is 48.2 Å². The molecule has 0 atom stereocenters. The van der Waals surface area contributed by atoms with Gasteiger partial charge in [-0.3, -0.25) is 9.59 Å². The maximum absolute atomic E-state index is 13.0. The number of hydrogen-bond donors (Lipinski definition) is 1. The minimum Gasteiger partial charge on any atom is -0.343 e. The standard InChI is InChI=1S/C21H25N3O4S/c1-16-8-9-17(2)19(14-16)29(27,28)24-12-10-23(11-13-24)20(25)15-22-21(26)18-6-4-3-5-7-18/h3-9,14H,10-13,15H2,1-2H3,(H,22,26). The van der Waals surface area contributed by atoms with Crippen LogP contribution in [0.2, 0.25) is 0 Å². The van der Waals surface area contributed by atoms with Crippen LogP contribution >= 0.6 is 0 Å². The van der Waals surface area contributed by atoms with Crippen molar-refractivity contribution in [2.24, 2.45) is 0 Å². The Balaban J connectivity index is 1.56. The number of nitrogens with zero attached hydrogens (tertiary/aromatic N) is 2. The number of benzene rings is 2. The Morgan fingerprint density at radius 3 is 2.28 bits per heavy atom. The first kappa shape index (κ1) is 21.0. The maximum Gasteiger partial charge on any atom is 0.251 e.